The summed E-state index contributed by atoms with van der Waals surface area (Å²) in [5, 5.41) is 3.90. The molecule has 2 fully saturated rings. The molecule has 0 radical (unpaired) electrons. The van der Waals surface area contributed by atoms with Gasteiger partial charge in [0, 0.05) is 57.4 Å². The average Bonchev–Trinajstić information content (AvgIpc) is 3.11. The van der Waals surface area contributed by atoms with Crippen molar-refractivity contribution >= 4 is 47.4 Å². The number of piperazine rings is 1. The largest absolute Gasteiger partial charge is 0.401 e. The number of hydrogen-bond donors (Lipinski definition) is 1. The molecule has 2 saturated heterocycles. The highest BCUT2D eigenvalue weighted by Crippen LogP contribution is 2.20. The van der Waals surface area contributed by atoms with Gasteiger partial charge in [0.25, 0.3) is 0 Å². The quantitative estimate of drug-likeness (QED) is 0.342. The Hall–Kier alpha value is -1.27. The number of benzene rings is 1. The van der Waals surface area contributed by atoms with Crippen LogP contribution in [0.1, 0.15) is 12.0 Å². The van der Waals surface area contributed by atoms with Crippen LogP contribution in [-0.4, -0.2) is 91.6 Å². The van der Waals surface area contributed by atoms with E-state index in [0.717, 1.165) is 5.56 Å². The maximum absolute atomic E-state index is 12.6. The van der Waals surface area contributed by atoms with Gasteiger partial charge >= 0.3 is 6.18 Å². The maximum atomic E-state index is 12.6. The van der Waals surface area contributed by atoms with Crippen LogP contribution in [-0.2, 0) is 11.2 Å². The zero-order valence-corrected chi connectivity index (χ0v) is 20.5. The van der Waals surface area contributed by atoms with Crippen LogP contribution in [0.5, 0.6) is 0 Å². The molecule has 11 heteroatoms. The third-order valence-electron chi connectivity index (χ3n) is 5.40. The van der Waals surface area contributed by atoms with E-state index in [0.29, 0.717) is 63.1 Å². The highest BCUT2D eigenvalue weighted by Gasteiger charge is 2.35. The molecule has 1 atom stereocenters. The van der Waals surface area contributed by atoms with Gasteiger partial charge < -0.3 is 15.1 Å². The summed E-state index contributed by atoms with van der Waals surface area (Å²) < 4.78 is 37.7. The SMILES string of the molecule is CN=C(NC1CCN(CC(F)(F)F)C1)N1CCN(C(=O)Cc2cccc(Cl)c2)CC1.I. The van der Waals surface area contributed by atoms with Gasteiger partial charge in [0.05, 0.1) is 13.0 Å². The molecule has 0 aliphatic carbocycles. The molecule has 6 nitrogen and oxygen atoms in total. The first kappa shape index (κ1) is 26.0. The van der Waals surface area contributed by atoms with Gasteiger partial charge in [-0.05, 0) is 24.1 Å². The van der Waals surface area contributed by atoms with E-state index in [1.807, 2.05) is 17.0 Å². The number of halogens is 5. The molecule has 0 aromatic heterocycles. The Balaban J connectivity index is 0.00000341. The minimum atomic E-state index is -4.18. The Morgan fingerprint density at radius 2 is 1.87 bits per heavy atom. The fourth-order valence-electron chi connectivity index (χ4n) is 3.93. The number of alkyl halides is 3. The van der Waals surface area contributed by atoms with E-state index in [-0.39, 0.29) is 35.9 Å². The van der Waals surface area contributed by atoms with Crippen molar-refractivity contribution in [3.63, 3.8) is 0 Å². The molecule has 1 N–H and O–H groups in total. The first-order valence-corrected chi connectivity index (χ1v) is 10.4. The summed E-state index contributed by atoms with van der Waals surface area (Å²) in [4.78, 5) is 22.2. The third kappa shape index (κ3) is 7.98. The number of nitrogens with zero attached hydrogens (tertiary/aromatic N) is 4. The van der Waals surface area contributed by atoms with Crippen molar-refractivity contribution in [1.29, 1.82) is 0 Å². The van der Waals surface area contributed by atoms with Crippen molar-refractivity contribution in [2.24, 2.45) is 4.99 Å². The summed E-state index contributed by atoms with van der Waals surface area (Å²) in [6.45, 7) is 2.28. The van der Waals surface area contributed by atoms with Crippen LogP contribution in [0.25, 0.3) is 0 Å². The van der Waals surface area contributed by atoms with Crippen LogP contribution in [0.4, 0.5) is 13.2 Å². The summed E-state index contributed by atoms with van der Waals surface area (Å²) in [6.07, 6.45) is -3.22. The van der Waals surface area contributed by atoms with Gasteiger partial charge in [-0.1, -0.05) is 23.7 Å². The number of carbonyl (C=O) groups excluding carboxylic acids is 1. The minimum absolute atomic E-state index is 0. The second-order valence-electron chi connectivity index (χ2n) is 7.70. The molecule has 1 unspecified atom stereocenters. The second-order valence-corrected chi connectivity index (χ2v) is 8.14. The van der Waals surface area contributed by atoms with Crippen LogP contribution in [0.15, 0.2) is 29.3 Å². The third-order valence-corrected chi connectivity index (χ3v) is 5.63. The number of amides is 1. The number of carbonyl (C=O) groups is 1. The molecular formula is C20H28ClF3IN5O. The zero-order chi connectivity index (χ0) is 21.7. The van der Waals surface area contributed by atoms with E-state index in [1.165, 1.54) is 4.90 Å². The van der Waals surface area contributed by atoms with E-state index >= 15 is 0 Å². The number of guanidine groups is 1. The van der Waals surface area contributed by atoms with E-state index in [2.05, 4.69) is 15.2 Å². The predicted octanol–water partition coefficient (Wildman–Crippen LogP) is 2.86. The van der Waals surface area contributed by atoms with Crippen LogP contribution in [0.2, 0.25) is 5.02 Å². The second kappa shape index (κ2) is 11.6. The lowest BCUT2D eigenvalue weighted by atomic mass is 10.1. The standard InChI is InChI=1S/C20H27ClF3N5O.HI/c1-25-19(26-17-5-6-27(13-17)14-20(22,23)24)29-9-7-28(8-10-29)18(30)12-15-3-2-4-16(21)11-15;/h2-4,11,17H,5-10,12-14H2,1H3,(H,25,26);1H. The normalized spacial score (nSPS) is 20.5. The van der Waals surface area contributed by atoms with E-state index in [4.69, 9.17) is 11.6 Å². The molecule has 0 saturated carbocycles. The summed E-state index contributed by atoms with van der Waals surface area (Å²) in [7, 11) is 1.67. The number of aliphatic imine (C=N–C) groups is 1. The number of nitrogens with one attached hydrogen (secondary N) is 1. The van der Waals surface area contributed by atoms with Gasteiger partial charge in [-0.2, -0.15) is 13.2 Å². The fourth-order valence-corrected chi connectivity index (χ4v) is 4.14. The van der Waals surface area contributed by atoms with Crippen LogP contribution >= 0.6 is 35.6 Å². The number of hydrogen-bond acceptors (Lipinski definition) is 3. The molecule has 2 heterocycles. The van der Waals surface area contributed by atoms with Gasteiger partial charge in [-0.15, -0.1) is 24.0 Å². The van der Waals surface area contributed by atoms with Crippen molar-refractivity contribution in [3.05, 3.63) is 34.9 Å². The summed E-state index contributed by atoms with van der Waals surface area (Å²) in [5.74, 6) is 0.731. The number of rotatable bonds is 4. The fraction of sp³-hybridized carbons (Fsp3) is 0.600. The molecule has 0 spiro atoms. The smallest absolute Gasteiger partial charge is 0.352 e. The Bertz CT molecular complexity index is 771. The van der Waals surface area contributed by atoms with Crippen molar-refractivity contribution < 1.29 is 18.0 Å². The number of likely N-dealkylation sites (tertiary alicyclic amines) is 1. The van der Waals surface area contributed by atoms with Gasteiger partial charge in [0.2, 0.25) is 5.91 Å². The maximum Gasteiger partial charge on any atom is 0.401 e. The lowest BCUT2D eigenvalue weighted by Crippen LogP contribution is -2.55. The van der Waals surface area contributed by atoms with E-state index < -0.39 is 12.7 Å². The van der Waals surface area contributed by atoms with Crippen LogP contribution in [0.3, 0.4) is 0 Å². The predicted molar refractivity (Wildman–Crippen MR) is 126 cm³/mol. The lowest BCUT2D eigenvalue weighted by molar-refractivity contribution is -0.143. The summed E-state index contributed by atoms with van der Waals surface area (Å²) in [6, 6.07) is 7.23. The first-order chi connectivity index (χ1) is 14.2. The lowest BCUT2D eigenvalue weighted by Gasteiger charge is -2.37. The molecule has 1 aromatic carbocycles. The van der Waals surface area contributed by atoms with E-state index in [9.17, 15) is 18.0 Å². The van der Waals surface area contributed by atoms with Crippen molar-refractivity contribution in [2.45, 2.75) is 25.1 Å². The van der Waals surface area contributed by atoms with Crippen LogP contribution in [0, 0.1) is 0 Å². The molecule has 2 aliphatic rings. The average molecular weight is 574 g/mol. The van der Waals surface area contributed by atoms with Crippen molar-refractivity contribution in [1.82, 2.24) is 20.0 Å². The van der Waals surface area contributed by atoms with E-state index in [1.54, 1.807) is 19.2 Å². The molecule has 174 valence electrons. The highest BCUT2D eigenvalue weighted by molar-refractivity contribution is 14.0. The molecule has 2 aliphatic heterocycles. The van der Waals surface area contributed by atoms with Gasteiger partial charge in [0.1, 0.15) is 0 Å². The summed E-state index contributed by atoms with van der Waals surface area (Å²) >= 11 is 5.98. The van der Waals surface area contributed by atoms with Gasteiger partial charge in [0.15, 0.2) is 5.96 Å². The van der Waals surface area contributed by atoms with Crippen LogP contribution < -0.4 is 5.32 Å². The molecule has 3 rings (SSSR count). The topological polar surface area (TPSA) is 51.2 Å². The minimum Gasteiger partial charge on any atom is -0.352 e. The molecule has 1 amide bonds. The Labute approximate surface area is 202 Å². The Morgan fingerprint density at radius 3 is 2.48 bits per heavy atom. The zero-order valence-electron chi connectivity index (χ0n) is 17.4. The van der Waals surface area contributed by atoms with Gasteiger partial charge in [-0.3, -0.25) is 14.7 Å². The van der Waals surface area contributed by atoms with Crippen molar-refractivity contribution in [2.75, 3.05) is 52.9 Å². The highest BCUT2D eigenvalue weighted by atomic mass is 127. The Morgan fingerprint density at radius 1 is 1.19 bits per heavy atom. The first-order valence-electron chi connectivity index (χ1n) is 10.0. The van der Waals surface area contributed by atoms with Gasteiger partial charge in [-0.25, -0.2) is 0 Å². The summed E-state index contributed by atoms with van der Waals surface area (Å²) in [5.41, 5.74) is 0.886. The Kier molecular flexibility index (Phi) is 9.68. The monoisotopic (exact) mass is 573 g/mol. The molecule has 1 aromatic rings. The molecular weight excluding hydrogens is 546 g/mol. The molecule has 0 bridgehead atoms. The molecule has 31 heavy (non-hydrogen) atoms. The van der Waals surface area contributed by atoms with Crippen molar-refractivity contribution in [3.8, 4) is 0 Å².